The summed E-state index contributed by atoms with van der Waals surface area (Å²) in [6, 6.07) is 26.6. The molecule has 2 N–H and O–H groups in total. The Kier molecular flexibility index (Phi) is 10.7. The molecule has 2 atom stereocenters. The lowest BCUT2D eigenvalue weighted by atomic mass is 10.1. The number of amides is 2. The minimum atomic E-state index is -0.945. The smallest absolute Gasteiger partial charge is 0.262 e. The number of nitrogens with zero attached hydrogens (tertiary/aromatic N) is 2. The highest BCUT2D eigenvalue weighted by atomic mass is 35.5. The highest BCUT2D eigenvalue weighted by Gasteiger charge is 2.25. The quantitative estimate of drug-likeness (QED) is 0.110. The van der Waals surface area contributed by atoms with Crippen molar-refractivity contribution in [2.24, 2.45) is 5.10 Å². The van der Waals surface area contributed by atoms with Gasteiger partial charge in [0.2, 0.25) is 0 Å². The van der Waals surface area contributed by atoms with Gasteiger partial charge in [-0.25, -0.2) is 5.43 Å². The molecule has 0 saturated heterocycles. The Morgan fingerprint density at radius 2 is 1.60 bits per heavy atom. The zero-order valence-electron chi connectivity index (χ0n) is 24.0. The summed E-state index contributed by atoms with van der Waals surface area (Å²) in [5.41, 5.74) is 6.23. The maximum atomic E-state index is 13.4. The molecule has 11 heteroatoms. The fourth-order valence-corrected chi connectivity index (χ4v) is 5.52. The van der Waals surface area contributed by atoms with Crippen LogP contribution in [0.15, 0.2) is 102 Å². The summed E-state index contributed by atoms with van der Waals surface area (Å²) >= 11 is 24.5. The van der Waals surface area contributed by atoms with Crippen LogP contribution in [0.4, 0.5) is 0 Å². The van der Waals surface area contributed by atoms with Crippen LogP contribution in [-0.2, 0) is 22.6 Å². The minimum Gasteiger partial charge on any atom is -0.479 e. The van der Waals surface area contributed by atoms with Gasteiger partial charge in [-0.1, -0.05) is 101 Å². The molecule has 0 aliphatic rings. The van der Waals surface area contributed by atoms with E-state index < -0.39 is 24.0 Å². The number of carbonyl (C=O) groups excluding carboxylic acids is 2. The van der Waals surface area contributed by atoms with Crippen molar-refractivity contribution >= 4 is 75.3 Å². The molecule has 0 unspecified atom stereocenters. The first kappa shape index (κ1) is 32.4. The van der Waals surface area contributed by atoms with Gasteiger partial charge < -0.3 is 14.6 Å². The van der Waals surface area contributed by atoms with E-state index in [0.29, 0.717) is 27.4 Å². The fourth-order valence-electron chi connectivity index (χ4n) is 4.75. The number of benzene rings is 4. The van der Waals surface area contributed by atoms with E-state index in [1.807, 2.05) is 72.9 Å². The van der Waals surface area contributed by atoms with E-state index in [4.69, 9.17) is 51.1 Å². The van der Waals surface area contributed by atoms with Crippen LogP contribution in [0, 0.1) is 0 Å². The average Bonchev–Trinajstić information content (AvgIpc) is 3.37. The Morgan fingerprint density at radius 3 is 2.36 bits per heavy atom. The topological polar surface area (TPSA) is 84.7 Å². The van der Waals surface area contributed by atoms with Crippen molar-refractivity contribution in [2.45, 2.75) is 32.0 Å². The van der Waals surface area contributed by atoms with Gasteiger partial charge in [-0.3, -0.25) is 9.59 Å². The Balaban J connectivity index is 1.31. The van der Waals surface area contributed by atoms with E-state index in [1.165, 1.54) is 6.07 Å². The van der Waals surface area contributed by atoms with Crippen molar-refractivity contribution in [3.8, 4) is 5.75 Å². The second-order valence-corrected chi connectivity index (χ2v) is 12.0. The van der Waals surface area contributed by atoms with E-state index in [2.05, 4.69) is 20.4 Å². The number of aromatic nitrogens is 1. The van der Waals surface area contributed by atoms with E-state index in [9.17, 15) is 9.59 Å². The number of hydrazone groups is 1. The van der Waals surface area contributed by atoms with Crippen LogP contribution in [0.3, 0.4) is 0 Å². The first-order chi connectivity index (χ1) is 21.7. The molecule has 5 rings (SSSR count). The van der Waals surface area contributed by atoms with Gasteiger partial charge in [-0.05, 0) is 54.4 Å². The average molecular weight is 682 g/mol. The summed E-state index contributed by atoms with van der Waals surface area (Å²) in [4.78, 5) is 26.5. The van der Waals surface area contributed by atoms with Crippen molar-refractivity contribution in [3.63, 3.8) is 0 Å². The SMILES string of the molecule is C[C@@H](Oc1ccc(Cl)cc1Cl)C(=O)N[C@H](Cc1ccccc1)C(=O)N/N=C\c1cn(Cc2ccc(Cl)c(Cl)c2)c2ccccc12. The third-order valence-corrected chi connectivity index (χ3v) is 8.29. The maximum Gasteiger partial charge on any atom is 0.262 e. The fraction of sp³-hybridized carbons (Fsp3) is 0.147. The van der Waals surface area contributed by atoms with Crippen LogP contribution in [0.25, 0.3) is 10.9 Å². The van der Waals surface area contributed by atoms with Gasteiger partial charge in [0.1, 0.15) is 11.8 Å². The molecule has 45 heavy (non-hydrogen) atoms. The van der Waals surface area contributed by atoms with Crippen LogP contribution in [-0.4, -0.2) is 34.7 Å². The molecule has 1 aromatic heterocycles. The molecule has 230 valence electrons. The Hall–Kier alpha value is -4.01. The Morgan fingerprint density at radius 1 is 0.844 bits per heavy atom. The number of hydrogen-bond donors (Lipinski definition) is 2. The van der Waals surface area contributed by atoms with E-state index >= 15 is 0 Å². The largest absolute Gasteiger partial charge is 0.479 e. The number of fused-ring (bicyclic) bond motifs is 1. The molecule has 0 aliphatic heterocycles. The van der Waals surface area contributed by atoms with E-state index in [1.54, 1.807) is 31.3 Å². The van der Waals surface area contributed by atoms with Gasteiger partial charge in [-0.2, -0.15) is 5.10 Å². The Bertz CT molecular complexity index is 1860. The molecular weight excluding hydrogens is 654 g/mol. The first-order valence-corrected chi connectivity index (χ1v) is 15.5. The van der Waals surface area contributed by atoms with Crippen LogP contribution < -0.4 is 15.5 Å². The normalized spacial score (nSPS) is 12.6. The molecule has 0 spiro atoms. The molecule has 0 saturated carbocycles. The number of para-hydroxylation sites is 1. The molecular formula is C34H28Cl4N4O3. The van der Waals surface area contributed by atoms with E-state index in [-0.39, 0.29) is 11.4 Å². The molecule has 0 fully saturated rings. The first-order valence-electron chi connectivity index (χ1n) is 14.0. The maximum absolute atomic E-state index is 13.4. The van der Waals surface area contributed by atoms with Crippen LogP contribution in [0.5, 0.6) is 5.75 Å². The van der Waals surface area contributed by atoms with Gasteiger partial charge in [0.15, 0.2) is 6.10 Å². The molecule has 5 aromatic rings. The monoisotopic (exact) mass is 680 g/mol. The Labute approximate surface area is 280 Å². The molecule has 7 nitrogen and oxygen atoms in total. The summed E-state index contributed by atoms with van der Waals surface area (Å²) in [7, 11) is 0. The van der Waals surface area contributed by atoms with Gasteiger partial charge in [0.25, 0.3) is 11.8 Å². The molecule has 2 amide bonds. The lowest BCUT2D eigenvalue weighted by Crippen LogP contribution is -2.50. The zero-order chi connectivity index (χ0) is 31.9. The number of halogens is 4. The number of carbonyl (C=O) groups is 2. The summed E-state index contributed by atoms with van der Waals surface area (Å²) < 4.78 is 7.82. The minimum absolute atomic E-state index is 0.241. The standard InChI is InChI=1S/C34H28Cl4N4O3/c1-21(45-32-14-12-25(35)17-29(32)38)33(43)40-30(16-22-7-3-2-4-8-22)34(44)41-39-18-24-20-42(31-10-6-5-9-26(24)31)19-23-11-13-27(36)28(37)15-23/h2-15,17-18,20-21,30H,16,19H2,1H3,(H,40,43)(H,41,44)/b39-18-/t21-,30-/m1/s1. The highest BCUT2D eigenvalue weighted by Crippen LogP contribution is 2.28. The van der Waals surface area contributed by atoms with Crippen molar-refractivity contribution < 1.29 is 14.3 Å². The van der Waals surface area contributed by atoms with E-state index in [0.717, 1.165) is 27.6 Å². The second-order valence-electron chi connectivity index (χ2n) is 10.3. The zero-order valence-corrected chi connectivity index (χ0v) is 27.0. The van der Waals surface area contributed by atoms with Crippen molar-refractivity contribution in [2.75, 3.05) is 0 Å². The lowest BCUT2D eigenvalue weighted by Gasteiger charge is -2.21. The number of hydrogen-bond acceptors (Lipinski definition) is 4. The molecule has 0 bridgehead atoms. The second kappa shape index (κ2) is 14.8. The number of rotatable bonds is 11. The van der Waals surface area contributed by atoms with Gasteiger partial charge in [0.05, 0.1) is 21.3 Å². The van der Waals surface area contributed by atoms with Crippen molar-refractivity contribution in [1.82, 2.24) is 15.3 Å². The third-order valence-electron chi connectivity index (χ3n) is 7.02. The van der Waals surface area contributed by atoms with Crippen LogP contribution in [0.2, 0.25) is 20.1 Å². The van der Waals surface area contributed by atoms with Gasteiger partial charge >= 0.3 is 0 Å². The molecule has 1 heterocycles. The van der Waals surface area contributed by atoms with Gasteiger partial charge in [-0.15, -0.1) is 0 Å². The van der Waals surface area contributed by atoms with Crippen LogP contribution >= 0.6 is 46.4 Å². The molecule has 4 aromatic carbocycles. The molecule has 0 radical (unpaired) electrons. The number of nitrogens with one attached hydrogen (secondary N) is 2. The lowest BCUT2D eigenvalue weighted by molar-refractivity contribution is -0.132. The predicted octanol–water partition coefficient (Wildman–Crippen LogP) is 7.95. The van der Waals surface area contributed by atoms with Gasteiger partial charge in [0, 0.05) is 40.7 Å². The highest BCUT2D eigenvalue weighted by molar-refractivity contribution is 6.42. The van der Waals surface area contributed by atoms with Crippen molar-refractivity contribution in [3.05, 3.63) is 134 Å². The summed E-state index contributed by atoms with van der Waals surface area (Å²) in [5, 5.41) is 9.70. The number of ether oxygens (including phenoxy) is 1. The van der Waals surface area contributed by atoms with Crippen molar-refractivity contribution in [1.29, 1.82) is 0 Å². The summed E-state index contributed by atoms with van der Waals surface area (Å²) in [5.74, 6) is -0.679. The summed E-state index contributed by atoms with van der Waals surface area (Å²) in [6.07, 6.45) is 2.83. The van der Waals surface area contributed by atoms with Crippen LogP contribution in [0.1, 0.15) is 23.6 Å². The third kappa shape index (κ3) is 8.38. The summed E-state index contributed by atoms with van der Waals surface area (Å²) in [6.45, 7) is 2.13. The molecule has 0 aliphatic carbocycles. The predicted molar refractivity (Wildman–Crippen MR) is 182 cm³/mol.